The molecule has 2 aromatic heterocycles. The van der Waals surface area contributed by atoms with Crippen molar-refractivity contribution in [3.05, 3.63) is 53.4 Å². The number of aromatic nitrogens is 3. The van der Waals surface area contributed by atoms with Gasteiger partial charge in [-0.3, -0.25) is 19.3 Å². The van der Waals surface area contributed by atoms with Crippen LogP contribution in [0.2, 0.25) is 0 Å². The number of hydrogen-bond acceptors (Lipinski definition) is 8. The summed E-state index contributed by atoms with van der Waals surface area (Å²) in [5, 5.41) is 4.48. The summed E-state index contributed by atoms with van der Waals surface area (Å²) in [5.41, 5.74) is 1.58. The van der Waals surface area contributed by atoms with Crippen molar-refractivity contribution in [3.63, 3.8) is 0 Å². The van der Waals surface area contributed by atoms with Crippen LogP contribution in [0.3, 0.4) is 0 Å². The van der Waals surface area contributed by atoms with Crippen LogP contribution >= 0.6 is 11.3 Å². The molecule has 1 saturated carbocycles. The minimum Gasteiger partial charge on any atom is -0.343 e. The Hall–Kier alpha value is -3.38. The minimum atomic E-state index is -3.41. The first-order chi connectivity index (χ1) is 16.5. The molecule has 1 aromatic carbocycles. The first-order valence-electron chi connectivity index (χ1n) is 10.9. The number of rotatable bonds is 8. The van der Waals surface area contributed by atoms with Crippen molar-refractivity contribution in [1.29, 1.82) is 0 Å². The molecule has 2 amide bonds. The van der Waals surface area contributed by atoms with Gasteiger partial charge in [0.05, 0.1) is 34.4 Å². The molecule has 2 N–H and O–H groups in total. The van der Waals surface area contributed by atoms with Crippen molar-refractivity contribution >= 4 is 44.0 Å². The lowest BCUT2D eigenvalue weighted by Gasteiger charge is -2.21. The number of carbonyl (C=O) groups excluding carboxylic acids is 2. The van der Waals surface area contributed by atoms with E-state index >= 15 is 0 Å². The fraction of sp³-hybridized carbons (Fsp3) is 0.348. The first kappa shape index (κ1) is 24.7. The Morgan fingerprint density at radius 1 is 1.09 bits per heavy atom. The lowest BCUT2D eigenvalue weighted by atomic mass is 9.89. The average Bonchev–Trinajstić information content (AvgIpc) is 3.59. The number of thiazole rings is 1. The van der Waals surface area contributed by atoms with Crippen LogP contribution in [0.15, 0.2) is 42.0 Å². The van der Waals surface area contributed by atoms with Gasteiger partial charge in [-0.25, -0.2) is 18.4 Å². The molecule has 184 valence electrons. The monoisotopic (exact) mass is 514 g/mol. The Morgan fingerprint density at radius 2 is 1.77 bits per heavy atom. The Kier molecular flexibility index (Phi) is 6.60. The highest BCUT2D eigenvalue weighted by Gasteiger charge is 2.37. The third-order valence-electron chi connectivity index (χ3n) is 5.60. The molecule has 0 saturated heterocycles. The molecule has 0 spiro atoms. The fourth-order valence-corrected chi connectivity index (χ4v) is 5.63. The zero-order chi connectivity index (χ0) is 25.4. The number of hydrogen-bond donors (Lipinski definition) is 2. The molecule has 2 heterocycles. The molecule has 3 aromatic rings. The van der Waals surface area contributed by atoms with Crippen LogP contribution in [0.4, 0.5) is 10.8 Å². The van der Waals surface area contributed by atoms with Crippen molar-refractivity contribution in [2.75, 3.05) is 24.1 Å². The van der Waals surface area contributed by atoms with Gasteiger partial charge in [0, 0.05) is 30.7 Å². The van der Waals surface area contributed by atoms with Crippen molar-refractivity contribution in [2.45, 2.75) is 37.4 Å². The molecular formula is C23H26N6O4S2. The average molecular weight is 515 g/mol. The van der Waals surface area contributed by atoms with Gasteiger partial charge in [-0.05, 0) is 38.8 Å². The zero-order valence-electron chi connectivity index (χ0n) is 19.8. The molecule has 10 nitrogen and oxygen atoms in total. The van der Waals surface area contributed by atoms with Crippen molar-refractivity contribution in [2.24, 2.45) is 0 Å². The summed E-state index contributed by atoms with van der Waals surface area (Å²) in [6.07, 6.45) is 4.31. The number of nitrogens with one attached hydrogen (secondary N) is 2. The summed E-state index contributed by atoms with van der Waals surface area (Å²) in [4.78, 5) is 39.5. The van der Waals surface area contributed by atoms with Gasteiger partial charge >= 0.3 is 0 Å². The molecule has 1 aliphatic rings. The van der Waals surface area contributed by atoms with Gasteiger partial charge < -0.3 is 10.2 Å². The topological polar surface area (TPSA) is 134 Å². The predicted octanol–water partition coefficient (Wildman–Crippen LogP) is 3.12. The molecule has 0 radical (unpaired) electrons. The largest absolute Gasteiger partial charge is 0.343 e. The van der Waals surface area contributed by atoms with E-state index in [0.29, 0.717) is 29.9 Å². The van der Waals surface area contributed by atoms with Crippen molar-refractivity contribution in [1.82, 2.24) is 19.9 Å². The van der Waals surface area contributed by atoms with E-state index in [2.05, 4.69) is 25.0 Å². The molecule has 12 heteroatoms. The lowest BCUT2D eigenvalue weighted by molar-refractivity contribution is -0.120. The summed E-state index contributed by atoms with van der Waals surface area (Å²) < 4.78 is 26.8. The van der Waals surface area contributed by atoms with Crippen LogP contribution in [0.1, 0.15) is 42.9 Å². The number of nitrogens with zero attached hydrogens (tertiary/aromatic N) is 4. The van der Waals surface area contributed by atoms with Crippen LogP contribution in [0.5, 0.6) is 0 Å². The van der Waals surface area contributed by atoms with E-state index in [4.69, 9.17) is 0 Å². The standard InChI is InChI=1S/C23H26N6O4S2/c1-23(2,19-13-34-22(27-19)28-35(32,33)16-9-10-16)21(31)25-15-7-5-14(6-8-15)17-11-24-12-18(26-17)20(30)29(3)4/h5-8,11-13,16H,9-10H2,1-4H3,(H,25,31)(H,27,28). The number of carbonyl (C=O) groups is 2. The van der Waals surface area contributed by atoms with E-state index in [1.165, 1.54) is 11.1 Å². The maximum atomic E-state index is 13.0. The molecule has 0 bridgehead atoms. The fourth-order valence-electron chi connectivity index (χ4n) is 3.16. The van der Waals surface area contributed by atoms with Gasteiger partial charge in [0.1, 0.15) is 5.69 Å². The third-order valence-corrected chi connectivity index (χ3v) is 8.32. The van der Waals surface area contributed by atoms with Crippen LogP contribution in [0, 0.1) is 0 Å². The predicted molar refractivity (Wildman–Crippen MR) is 135 cm³/mol. The molecule has 4 rings (SSSR count). The highest BCUT2D eigenvalue weighted by molar-refractivity contribution is 7.93. The van der Waals surface area contributed by atoms with Crippen LogP contribution in [0.25, 0.3) is 11.3 Å². The lowest BCUT2D eigenvalue weighted by Crippen LogP contribution is -2.35. The highest BCUT2D eigenvalue weighted by Crippen LogP contribution is 2.33. The second kappa shape index (κ2) is 9.34. The summed E-state index contributed by atoms with van der Waals surface area (Å²) in [5.74, 6) is -0.526. The summed E-state index contributed by atoms with van der Waals surface area (Å²) in [7, 11) is -0.118. The SMILES string of the molecule is CN(C)C(=O)c1cncc(-c2ccc(NC(=O)C(C)(C)c3csc(NS(=O)(=O)C4CC4)n3)cc2)n1. The summed E-state index contributed by atoms with van der Waals surface area (Å²) in [6.45, 7) is 3.46. The van der Waals surface area contributed by atoms with Crippen LogP contribution < -0.4 is 10.0 Å². The van der Waals surface area contributed by atoms with Gasteiger partial charge in [0.15, 0.2) is 5.13 Å². The zero-order valence-corrected chi connectivity index (χ0v) is 21.4. The third kappa shape index (κ3) is 5.49. The van der Waals surface area contributed by atoms with E-state index in [-0.39, 0.29) is 27.9 Å². The number of amides is 2. The molecule has 0 unspecified atom stereocenters. The van der Waals surface area contributed by atoms with Gasteiger partial charge in [0.25, 0.3) is 5.91 Å². The maximum Gasteiger partial charge on any atom is 0.273 e. The van der Waals surface area contributed by atoms with E-state index in [0.717, 1.165) is 16.9 Å². The van der Waals surface area contributed by atoms with Crippen LogP contribution in [-0.4, -0.2) is 59.4 Å². The van der Waals surface area contributed by atoms with Crippen molar-refractivity contribution < 1.29 is 18.0 Å². The maximum absolute atomic E-state index is 13.0. The van der Waals surface area contributed by atoms with E-state index in [9.17, 15) is 18.0 Å². The van der Waals surface area contributed by atoms with Gasteiger partial charge in [0.2, 0.25) is 15.9 Å². The second-order valence-corrected chi connectivity index (χ2v) is 11.8. The van der Waals surface area contributed by atoms with Gasteiger partial charge in [-0.1, -0.05) is 12.1 Å². The van der Waals surface area contributed by atoms with Crippen LogP contribution in [-0.2, 0) is 20.2 Å². The number of sulfonamides is 1. The summed E-state index contributed by atoms with van der Waals surface area (Å²) in [6, 6.07) is 7.04. The number of benzene rings is 1. The molecule has 1 aliphatic carbocycles. The van der Waals surface area contributed by atoms with Gasteiger partial charge in [-0.2, -0.15) is 0 Å². The minimum absolute atomic E-state index is 0.240. The van der Waals surface area contributed by atoms with E-state index in [1.54, 1.807) is 63.8 Å². The molecule has 1 fully saturated rings. The Bertz CT molecular complexity index is 1360. The number of anilines is 2. The van der Waals surface area contributed by atoms with E-state index in [1.807, 2.05) is 0 Å². The molecule has 35 heavy (non-hydrogen) atoms. The Balaban J connectivity index is 1.44. The second-order valence-electron chi connectivity index (χ2n) is 9.03. The van der Waals surface area contributed by atoms with E-state index < -0.39 is 15.4 Å². The summed E-state index contributed by atoms with van der Waals surface area (Å²) >= 11 is 1.16. The normalized spacial score (nSPS) is 13.8. The highest BCUT2D eigenvalue weighted by atomic mass is 32.2. The molecule has 0 atom stereocenters. The quantitative estimate of drug-likeness (QED) is 0.472. The smallest absolute Gasteiger partial charge is 0.273 e. The Morgan fingerprint density at radius 3 is 2.40 bits per heavy atom. The molecule has 0 aliphatic heterocycles. The molecular weight excluding hydrogens is 488 g/mol. The van der Waals surface area contributed by atoms with Gasteiger partial charge in [-0.15, -0.1) is 11.3 Å². The first-order valence-corrected chi connectivity index (χ1v) is 13.3. The Labute approximate surface area is 207 Å². The van der Waals surface area contributed by atoms with Crippen molar-refractivity contribution in [3.8, 4) is 11.3 Å².